The van der Waals surface area contributed by atoms with E-state index in [1.54, 1.807) is 0 Å². The van der Waals surface area contributed by atoms with Crippen molar-refractivity contribution in [1.29, 1.82) is 0 Å². The molecule has 0 bridgehead atoms. The summed E-state index contributed by atoms with van der Waals surface area (Å²) in [5, 5.41) is 3.11. The molecular weight excluding hydrogens is 288 g/mol. The first-order valence-electron chi connectivity index (χ1n) is 8.84. The summed E-state index contributed by atoms with van der Waals surface area (Å²) in [6.45, 7) is 7.76. The molecule has 2 aliphatic rings. The minimum Gasteiger partial charge on any atom is -0.373 e. The van der Waals surface area contributed by atoms with Crippen molar-refractivity contribution in [1.82, 2.24) is 10.2 Å². The molecule has 1 N–H and O–H groups in total. The molecule has 1 aromatic rings. The van der Waals surface area contributed by atoms with Crippen LogP contribution in [0.15, 0.2) is 24.3 Å². The lowest BCUT2D eigenvalue weighted by atomic mass is 9.85. The molecule has 4 heteroatoms. The zero-order valence-corrected chi connectivity index (χ0v) is 14.3. The van der Waals surface area contributed by atoms with Crippen LogP contribution in [-0.4, -0.2) is 36.1 Å². The quantitative estimate of drug-likeness (QED) is 0.908. The van der Waals surface area contributed by atoms with Crippen molar-refractivity contribution < 1.29 is 9.53 Å². The zero-order valence-electron chi connectivity index (χ0n) is 14.3. The van der Waals surface area contributed by atoms with Crippen LogP contribution in [0.4, 0.5) is 0 Å². The van der Waals surface area contributed by atoms with Crippen molar-refractivity contribution >= 4 is 5.91 Å². The predicted octanol–water partition coefficient (Wildman–Crippen LogP) is 2.71. The summed E-state index contributed by atoms with van der Waals surface area (Å²) in [6.07, 6.45) is 3.87. The number of ether oxygens (including phenoxy) is 1. The van der Waals surface area contributed by atoms with E-state index in [1.165, 1.54) is 17.5 Å². The molecule has 4 nitrogen and oxygen atoms in total. The first kappa shape index (κ1) is 16.5. The Morgan fingerprint density at radius 1 is 1.17 bits per heavy atom. The van der Waals surface area contributed by atoms with Crippen LogP contribution in [0.1, 0.15) is 44.2 Å². The fraction of sp³-hybridized carbons (Fsp3) is 0.632. The van der Waals surface area contributed by atoms with E-state index >= 15 is 0 Å². The van der Waals surface area contributed by atoms with Crippen molar-refractivity contribution in [3.63, 3.8) is 0 Å². The molecule has 1 aliphatic carbocycles. The van der Waals surface area contributed by atoms with Crippen LogP contribution in [0.5, 0.6) is 0 Å². The summed E-state index contributed by atoms with van der Waals surface area (Å²) in [6, 6.07) is 8.44. The van der Waals surface area contributed by atoms with E-state index < -0.39 is 0 Å². The monoisotopic (exact) mass is 316 g/mol. The summed E-state index contributed by atoms with van der Waals surface area (Å²) in [7, 11) is 0. The molecule has 23 heavy (non-hydrogen) atoms. The fourth-order valence-electron chi connectivity index (χ4n) is 3.54. The van der Waals surface area contributed by atoms with E-state index in [-0.39, 0.29) is 24.0 Å². The number of nitrogens with zero attached hydrogens (tertiary/aromatic N) is 1. The highest BCUT2D eigenvalue weighted by Crippen LogP contribution is 2.26. The van der Waals surface area contributed by atoms with Crippen LogP contribution in [0.2, 0.25) is 0 Å². The molecule has 1 heterocycles. The van der Waals surface area contributed by atoms with Gasteiger partial charge in [0.1, 0.15) is 0 Å². The van der Waals surface area contributed by atoms with Crippen molar-refractivity contribution in [2.24, 2.45) is 5.92 Å². The van der Waals surface area contributed by atoms with E-state index in [4.69, 9.17) is 4.74 Å². The summed E-state index contributed by atoms with van der Waals surface area (Å²) in [5.74, 6) is 0.475. The third-order valence-electron chi connectivity index (χ3n) is 4.94. The maximum absolute atomic E-state index is 12.0. The van der Waals surface area contributed by atoms with Gasteiger partial charge in [-0.15, -0.1) is 0 Å². The lowest BCUT2D eigenvalue weighted by molar-refractivity contribution is -0.127. The average molecular weight is 316 g/mol. The van der Waals surface area contributed by atoms with Gasteiger partial charge in [0.25, 0.3) is 0 Å². The predicted molar refractivity (Wildman–Crippen MR) is 90.9 cm³/mol. The standard InChI is InChI=1S/C19H28N2O2/c1-14-11-21(12-15(2)23-14)13-18-7-4-3-6-17(18)10-20-19(22)16-8-5-9-16/h3-4,6-7,14-16H,5,8-13H2,1-2H3,(H,20,22)/t14-,15-/m1/s1. The highest BCUT2D eigenvalue weighted by molar-refractivity contribution is 5.79. The number of hydrogen-bond acceptors (Lipinski definition) is 3. The molecule has 0 spiro atoms. The Bertz CT molecular complexity index is 532. The van der Waals surface area contributed by atoms with Gasteiger partial charge in [-0.05, 0) is 37.8 Å². The van der Waals surface area contributed by atoms with Gasteiger partial charge in [-0.2, -0.15) is 0 Å². The number of carbonyl (C=O) groups excluding carboxylic acids is 1. The highest BCUT2D eigenvalue weighted by atomic mass is 16.5. The van der Waals surface area contributed by atoms with Gasteiger partial charge < -0.3 is 10.1 Å². The Kier molecular flexibility index (Phi) is 5.34. The second-order valence-corrected chi connectivity index (χ2v) is 7.07. The molecule has 3 rings (SSSR count). The number of morpholine rings is 1. The summed E-state index contributed by atoms with van der Waals surface area (Å²) in [4.78, 5) is 14.5. The van der Waals surface area contributed by atoms with E-state index in [9.17, 15) is 4.79 Å². The van der Waals surface area contributed by atoms with E-state index in [0.29, 0.717) is 6.54 Å². The number of hydrogen-bond donors (Lipinski definition) is 1. The molecule has 1 saturated carbocycles. The third kappa shape index (κ3) is 4.33. The maximum Gasteiger partial charge on any atom is 0.223 e. The minimum absolute atomic E-state index is 0.222. The van der Waals surface area contributed by atoms with Crippen LogP contribution < -0.4 is 5.32 Å². The first-order valence-corrected chi connectivity index (χ1v) is 8.84. The van der Waals surface area contributed by atoms with Crippen molar-refractivity contribution in [2.75, 3.05) is 13.1 Å². The van der Waals surface area contributed by atoms with Gasteiger partial charge in [0.05, 0.1) is 12.2 Å². The van der Waals surface area contributed by atoms with E-state index in [1.807, 2.05) is 0 Å². The lowest BCUT2D eigenvalue weighted by Crippen LogP contribution is -2.45. The van der Waals surface area contributed by atoms with Crippen LogP contribution in [-0.2, 0) is 22.6 Å². The van der Waals surface area contributed by atoms with Gasteiger partial charge in [-0.25, -0.2) is 0 Å². The van der Waals surface area contributed by atoms with Gasteiger partial charge in [0.2, 0.25) is 5.91 Å². The Morgan fingerprint density at radius 3 is 2.43 bits per heavy atom. The molecule has 2 fully saturated rings. The van der Waals surface area contributed by atoms with Crippen molar-refractivity contribution in [2.45, 2.75) is 58.4 Å². The lowest BCUT2D eigenvalue weighted by Gasteiger charge is -2.35. The molecule has 0 unspecified atom stereocenters. The molecule has 0 aromatic heterocycles. The summed E-state index contributed by atoms with van der Waals surface area (Å²) in [5.41, 5.74) is 2.54. The first-order chi connectivity index (χ1) is 11.1. The van der Waals surface area contributed by atoms with Gasteiger partial charge >= 0.3 is 0 Å². The zero-order chi connectivity index (χ0) is 16.2. The molecule has 1 aliphatic heterocycles. The molecule has 0 radical (unpaired) electrons. The maximum atomic E-state index is 12.0. The Balaban J connectivity index is 1.59. The van der Waals surface area contributed by atoms with Gasteiger partial charge in [0, 0.05) is 32.1 Å². The van der Waals surface area contributed by atoms with Crippen molar-refractivity contribution in [3.05, 3.63) is 35.4 Å². The minimum atomic E-state index is 0.222. The highest BCUT2D eigenvalue weighted by Gasteiger charge is 2.25. The van der Waals surface area contributed by atoms with Crippen LogP contribution in [0, 0.1) is 5.92 Å². The number of rotatable bonds is 5. The number of benzene rings is 1. The summed E-state index contributed by atoms with van der Waals surface area (Å²) >= 11 is 0. The Hall–Kier alpha value is -1.39. The largest absolute Gasteiger partial charge is 0.373 e. The van der Waals surface area contributed by atoms with Gasteiger partial charge in [-0.3, -0.25) is 9.69 Å². The number of nitrogens with one attached hydrogen (secondary N) is 1. The SMILES string of the molecule is C[C@@H]1CN(Cc2ccccc2CNC(=O)C2CCC2)C[C@@H](C)O1. The molecule has 1 saturated heterocycles. The molecular formula is C19H28N2O2. The van der Waals surface area contributed by atoms with Crippen molar-refractivity contribution in [3.8, 4) is 0 Å². The number of amides is 1. The van der Waals surface area contributed by atoms with Gasteiger partial charge in [-0.1, -0.05) is 30.7 Å². The van der Waals surface area contributed by atoms with Crippen LogP contribution in [0.3, 0.4) is 0 Å². The van der Waals surface area contributed by atoms with Crippen LogP contribution in [0.25, 0.3) is 0 Å². The topological polar surface area (TPSA) is 41.6 Å². The van der Waals surface area contributed by atoms with Crippen LogP contribution >= 0.6 is 0 Å². The summed E-state index contributed by atoms with van der Waals surface area (Å²) < 4.78 is 5.81. The normalized spacial score (nSPS) is 25.8. The third-order valence-corrected chi connectivity index (χ3v) is 4.94. The molecule has 1 aromatic carbocycles. The second kappa shape index (κ2) is 7.45. The molecule has 2 atom stereocenters. The second-order valence-electron chi connectivity index (χ2n) is 7.07. The smallest absolute Gasteiger partial charge is 0.223 e. The molecule has 1 amide bonds. The van der Waals surface area contributed by atoms with Gasteiger partial charge in [0.15, 0.2) is 0 Å². The Morgan fingerprint density at radius 2 is 1.83 bits per heavy atom. The fourth-order valence-corrected chi connectivity index (χ4v) is 3.54. The molecule has 126 valence electrons. The Labute approximate surface area is 139 Å². The van der Waals surface area contributed by atoms with E-state index in [2.05, 4.69) is 48.3 Å². The van der Waals surface area contributed by atoms with E-state index in [0.717, 1.165) is 32.5 Å². The number of carbonyl (C=O) groups is 1. The average Bonchev–Trinajstić information content (AvgIpc) is 2.43.